The molecule has 0 aliphatic heterocycles. The van der Waals surface area contributed by atoms with E-state index in [0.29, 0.717) is 5.33 Å². The largest absolute Gasteiger partial charge is 0.317 e. The second kappa shape index (κ2) is 7.01. The van der Waals surface area contributed by atoms with Crippen LogP contribution in [-0.2, 0) is 11.2 Å². The van der Waals surface area contributed by atoms with E-state index in [0.717, 1.165) is 11.4 Å². The van der Waals surface area contributed by atoms with Crippen LogP contribution < -0.4 is 5.32 Å². The zero-order valence-corrected chi connectivity index (χ0v) is 11.3. The SMILES string of the molecule is CCCCCc1ccsc1NC(=O)CBr. The lowest BCUT2D eigenvalue weighted by molar-refractivity contribution is -0.113. The quantitative estimate of drug-likeness (QED) is 0.626. The van der Waals surface area contributed by atoms with Crippen LogP contribution in [0.4, 0.5) is 5.00 Å². The van der Waals surface area contributed by atoms with E-state index in [1.165, 1.54) is 24.8 Å². The van der Waals surface area contributed by atoms with Crippen LogP contribution >= 0.6 is 27.3 Å². The van der Waals surface area contributed by atoms with Gasteiger partial charge in [-0.3, -0.25) is 4.79 Å². The van der Waals surface area contributed by atoms with E-state index in [2.05, 4.69) is 34.2 Å². The molecule has 0 radical (unpaired) electrons. The molecule has 1 heterocycles. The van der Waals surface area contributed by atoms with E-state index in [4.69, 9.17) is 0 Å². The number of hydrogen-bond donors (Lipinski definition) is 1. The summed E-state index contributed by atoms with van der Waals surface area (Å²) < 4.78 is 0. The first-order chi connectivity index (χ1) is 7.27. The normalized spacial score (nSPS) is 10.3. The van der Waals surface area contributed by atoms with Gasteiger partial charge in [0.25, 0.3) is 0 Å². The molecule has 0 saturated heterocycles. The van der Waals surface area contributed by atoms with Gasteiger partial charge in [-0.1, -0.05) is 35.7 Å². The summed E-state index contributed by atoms with van der Waals surface area (Å²) >= 11 is 4.74. The number of amides is 1. The highest BCUT2D eigenvalue weighted by Crippen LogP contribution is 2.25. The topological polar surface area (TPSA) is 29.1 Å². The molecule has 0 spiro atoms. The molecular weight excluding hydrogens is 274 g/mol. The van der Waals surface area contributed by atoms with Crippen molar-refractivity contribution in [2.45, 2.75) is 32.6 Å². The Morgan fingerprint density at radius 1 is 1.53 bits per heavy atom. The van der Waals surface area contributed by atoms with Crippen molar-refractivity contribution < 1.29 is 4.79 Å². The number of rotatable bonds is 6. The molecule has 1 N–H and O–H groups in total. The molecule has 0 fully saturated rings. The number of carbonyl (C=O) groups excluding carboxylic acids is 1. The Hall–Kier alpha value is -0.350. The first kappa shape index (κ1) is 12.7. The van der Waals surface area contributed by atoms with Crippen LogP contribution in [0.1, 0.15) is 31.7 Å². The predicted molar refractivity (Wildman–Crippen MR) is 70.0 cm³/mol. The zero-order valence-electron chi connectivity index (χ0n) is 8.88. The van der Waals surface area contributed by atoms with Gasteiger partial charge in [-0.2, -0.15) is 0 Å². The van der Waals surface area contributed by atoms with E-state index in [1.807, 2.05) is 5.38 Å². The zero-order chi connectivity index (χ0) is 11.1. The van der Waals surface area contributed by atoms with E-state index in [9.17, 15) is 4.79 Å². The fourth-order valence-corrected chi connectivity index (χ4v) is 2.37. The van der Waals surface area contributed by atoms with Crippen LogP contribution in [0.2, 0.25) is 0 Å². The minimum absolute atomic E-state index is 0.0224. The van der Waals surface area contributed by atoms with Crippen molar-refractivity contribution in [3.8, 4) is 0 Å². The molecule has 2 nitrogen and oxygen atoms in total. The lowest BCUT2D eigenvalue weighted by Gasteiger charge is -2.04. The number of hydrogen-bond acceptors (Lipinski definition) is 2. The smallest absolute Gasteiger partial charge is 0.235 e. The summed E-state index contributed by atoms with van der Waals surface area (Å²) in [4.78, 5) is 11.2. The van der Waals surface area contributed by atoms with Gasteiger partial charge in [-0.15, -0.1) is 11.3 Å². The van der Waals surface area contributed by atoms with Crippen molar-refractivity contribution >= 4 is 38.2 Å². The van der Waals surface area contributed by atoms with Crippen LogP contribution in [0.15, 0.2) is 11.4 Å². The molecule has 15 heavy (non-hydrogen) atoms. The molecule has 4 heteroatoms. The molecule has 0 aliphatic carbocycles. The predicted octanol–water partition coefficient (Wildman–Crippen LogP) is 3.81. The van der Waals surface area contributed by atoms with Crippen LogP contribution in [-0.4, -0.2) is 11.2 Å². The lowest BCUT2D eigenvalue weighted by Crippen LogP contribution is -2.12. The summed E-state index contributed by atoms with van der Waals surface area (Å²) in [6.07, 6.45) is 4.74. The number of thiophene rings is 1. The molecule has 1 aromatic rings. The van der Waals surface area contributed by atoms with Gasteiger partial charge in [-0.05, 0) is 29.9 Å². The van der Waals surface area contributed by atoms with Crippen molar-refractivity contribution in [1.29, 1.82) is 0 Å². The Bertz CT molecular complexity index is 311. The minimum Gasteiger partial charge on any atom is -0.317 e. The van der Waals surface area contributed by atoms with Crippen molar-refractivity contribution in [2.75, 3.05) is 10.6 Å². The number of halogens is 1. The maximum absolute atomic E-state index is 11.2. The van der Waals surface area contributed by atoms with Gasteiger partial charge < -0.3 is 5.32 Å². The molecular formula is C11H16BrNOS. The van der Waals surface area contributed by atoms with Gasteiger partial charge in [0, 0.05) is 0 Å². The fourth-order valence-electron chi connectivity index (χ4n) is 1.37. The monoisotopic (exact) mass is 289 g/mol. The first-order valence-electron chi connectivity index (χ1n) is 5.20. The molecule has 0 bridgehead atoms. The third-order valence-corrected chi connectivity index (χ3v) is 3.55. The fraction of sp³-hybridized carbons (Fsp3) is 0.545. The lowest BCUT2D eigenvalue weighted by atomic mass is 10.1. The van der Waals surface area contributed by atoms with Crippen molar-refractivity contribution in [2.24, 2.45) is 0 Å². The van der Waals surface area contributed by atoms with Gasteiger partial charge in [0.1, 0.15) is 0 Å². The highest BCUT2D eigenvalue weighted by atomic mass is 79.9. The number of anilines is 1. The van der Waals surface area contributed by atoms with E-state index < -0.39 is 0 Å². The number of unbranched alkanes of at least 4 members (excludes halogenated alkanes) is 2. The van der Waals surface area contributed by atoms with E-state index >= 15 is 0 Å². The molecule has 0 atom stereocenters. The summed E-state index contributed by atoms with van der Waals surface area (Å²) in [6, 6.07) is 2.10. The average molecular weight is 290 g/mol. The highest BCUT2D eigenvalue weighted by Gasteiger charge is 2.06. The molecule has 0 unspecified atom stereocenters. The Labute approximate surface area is 103 Å². The standard InChI is InChI=1S/C11H16BrNOS/c1-2-3-4-5-9-6-7-15-11(9)13-10(14)8-12/h6-7H,2-5,8H2,1H3,(H,13,14). The first-order valence-corrected chi connectivity index (χ1v) is 7.20. The van der Waals surface area contributed by atoms with Crippen LogP contribution in [0.25, 0.3) is 0 Å². The number of nitrogens with one attached hydrogen (secondary N) is 1. The van der Waals surface area contributed by atoms with Crippen LogP contribution in [0.3, 0.4) is 0 Å². The van der Waals surface area contributed by atoms with Gasteiger partial charge in [-0.25, -0.2) is 0 Å². The van der Waals surface area contributed by atoms with Gasteiger partial charge >= 0.3 is 0 Å². The molecule has 0 saturated carbocycles. The van der Waals surface area contributed by atoms with Gasteiger partial charge in [0.2, 0.25) is 5.91 Å². The Morgan fingerprint density at radius 2 is 2.33 bits per heavy atom. The third kappa shape index (κ3) is 4.34. The molecule has 84 valence electrons. The van der Waals surface area contributed by atoms with Crippen molar-refractivity contribution in [3.05, 3.63) is 17.0 Å². The minimum atomic E-state index is 0.0224. The molecule has 1 amide bonds. The van der Waals surface area contributed by atoms with Crippen LogP contribution in [0, 0.1) is 0 Å². The highest BCUT2D eigenvalue weighted by molar-refractivity contribution is 9.09. The Balaban J connectivity index is 2.49. The third-order valence-electron chi connectivity index (χ3n) is 2.17. The maximum Gasteiger partial charge on any atom is 0.235 e. The Kier molecular flexibility index (Phi) is 5.95. The molecule has 0 aliphatic rings. The average Bonchev–Trinajstić information content (AvgIpc) is 2.66. The van der Waals surface area contributed by atoms with Gasteiger partial charge in [0.05, 0.1) is 10.3 Å². The maximum atomic E-state index is 11.2. The molecule has 0 aromatic carbocycles. The number of aryl methyl sites for hydroxylation is 1. The summed E-state index contributed by atoms with van der Waals surface area (Å²) in [5.41, 5.74) is 1.27. The second-order valence-corrected chi connectivity index (χ2v) is 4.89. The van der Waals surface area contributed by atoms with Gasteiger partial charge in [0.15, 0.2) is 0 Å². The van der Waals surface area contributed by atoms with E-state index in [-0.39, 0.29) is 5.91 Å². The van der Waals surface area contributed by atoms with Crippen LogP contribution in [0.5, 0.6) is 0 Å². The number of carbonyl (C=O) groups is 1. The van der Waals surface area contributed by atoms with Crippen molar-refractivity contribution in [3.63, 3.8) is 0 Å². The van der Waals surface area contributed by atoms with Crippen molar-refractivity contribution in [1.82, 2.24) is 0 Å². The summed E-state index contributed by atoms with van der Waals surface area (Å²) in [5.74, 6) is 0.0224. The van der Waals surface area contributed by atoms with E-state index in [1.54, 1.807) is 11.3 Å². The molecule has 1 rings (SSSR count). The summed E-state index contributed by atoms with van der Waals surface area (Å²) in [5, 5.41) is 6.30. The second-order valence-electron chi connectivity index (χ2n) is 3.41. The summed E-state index contributed by atoms with van der Waals surface area (Å²) in [6.45, 7) is 2.20. The molecule has 1 aromatic heterocycles. The Morgan fingerprint density at radius 3 is 3.00 bits per heavy atom. The number of alkyl halides is 1. The summed E-state index contributed by atoms with van der Waals surface area (Å²) in [7, 11) is 0.